The monoisotopic (exact) mass is 447 g/mol. The molecule has 1 N–H and O–H groups in total. The number of halogens is 3. The summed E-state index contributed by atoms with van der Waals surface area (Å²) in [5.74, 6) is -1.93. The van der Waals surface area contributed by atoms with Crippen LogP contribution in [0.1, 0.15) is 29.0 Å². The molecule has 0 unspecified atom stereocenters. The molecule has 4 rings (SSSR count). The van der Waals surface area contributed by atoms with Crippen molar-refractivity contribution in [1.82, 2.24) is 9.55 Å². The van der Waals surface area contributed by atoms with E-state index in [1.165, 1.54) is 11.8 Å². The molecule has 0 radical (unpaired) electrons. The van der Waals surface area contributed by atoms with Crippen LogP contribution in [0.25, 0.3) is 0 Å². The van der Waals surface area contributed by atoms with Crippen LogP contribution in [0.2, 0.25) is 5.02 Å². The molecule has 0 aliphatic carbocycles. The molecule has 0 spiro atoms. The number of benzene rings is 2. The van der Waals surface area contributed by atoms with Crippen LogP contribution in [0.15, 0.2) is 52.4 Å². The van der Waals surface area contributed by atoms with Gasteiger partial charge in [0.15, 0.2) is 5.16 Å². The number of hydrogen-bond acceptors (Lipinski definition) is 4. The average Bonchev–Trinajstić information content (AvgIpc) is 2.71. The number of rotatable bonds is 4. The number of nitrogens with zero attached hydrogens (tertiary/aromatic N) is 2. The summed E-state index contributed by atoms with van der Waals surface area (Å²) >= 11 is 7.47. The van der Waals surface area contributed by atoms with Gasteiger partial charge in [0.25, 0.3) is 5.56 Å². The lowest BCUT2D eigenvalue weighted by Gasteiger charge is -2.27. The highest BCUT2D eigenvalue weighted by molar-refractivity contribution is 7.98. The van der Waals surface area contributed by atoms with E-state index in [-0.39, 0.29) is 29.3 Å². The Hall–Kier alpha value is -2.71. The lowest BCUT2D eigenvalue weighted by molar-refractivity contribution is -0.116. The van der Waals surface area contributed by atoms with Crippen molar-refractivity contribution in [3.05, 3.63) is 86.2 Å². The van der Waals surface area contributed by atoms with Gasteiger partial charge < -0.3 is 9.88 Å². The molecular weight excluding hydrogens is 432 g/mol. The van der Waals surface area contributed by atoms with E-state index in [0.717, 1.165) is 23.8 Å². The van der Waals surface area contributed by atoms with Crippen molar-refractivity contribution in [1.29, 1.82) is 0 Å². The first-order valence-electron chi connectivity index (χ1n) is 9.07. The van der Waals surface area contributed by atoms with Gasteiger partial charge in [-0.05, 0) is 35.4 Å². The summed E-state index contributed by atoms with van der Waals surface area (Å²) in [6.45, 7) is 0. The molecule has 0 bridgehead atoms. The number of fused-ring (bicyclic) bond motifs is 1. The summed E-state index contributed by atoms with van der Waals surface area (Å²) in [7, 11) is 1.66. The lowest BCUT2D eigenvalue weighted by Crippen LogP contribution is -2.33. The zero-order chi connectivity index (χ0) is 21.4. The Morgan fingerprint density at radius 2 is 2.00 bits per heavy atom. The van der Waals surface area contributed by atoms with E-state index in [2.05, 4.69) is 10.3 Å². The standard InChI is InChI=1S/C21H16ClF2N3O2S/c1-27-19-18(14(9-17(28)25-19)13-8-12(23)6-7-16(13)24)20(29)26-21(27)30-10-11-4-2-3-5-15(11)22/h2-8,14H,9-10H2,1H3,(H,25,28)/t14-/m1/s1. The van der Waals surface area contributed by atoms with Crippen LogP contribution in [0.5, 0.6) is 0 Å². The second-order valence-corrected chi connectivity index (χ2v) is 8.22. The Labute approximate surface area is 180 Å². The van der Waals surface area contributed by atoms with E-state index < -0.39 is 23.1 Å². The molecule has 0 fully saturated rings. The normalized spacial score (nSPS) is 15.6. The fraction of sp³-hybridized carbons (Fsp3) is 0.190. The van der Waals surface area contributed by atoms with Crippen LogP contribution < -0.4 is 10.9 Å². The molecule has 1 atom stereocenters. The molecule has 3 aromatic rings. The Morgan fingerprint density at radius 3 is 2.77 bits per heavy atom. The van der Waals surface area contributed by atoms with Crippen LogP contribution in [0.4, 0.5) is 14.6 Å². The van der Waals surface area contributed by atoms with Crippen LogP contribution in [-0.2, 0) is 17.6 Å². The number of amides is 1. The summed E-state index contributed by atoms with van der Waals surface area (Å²) in [5, 5.41) is 3.66. The molecule has 30 heavy (non-hydrogen) atoms. The average molecular weight is 448 g/mol. The fourth-order valence-corrected chi connectivity index (χ4v) is 4.72. The first kappa shape index (κ1) is 20.6. The Kier molecular flexibility index (Phi) is 5.62. The van der Waals surface area contributed by atoms with Crippen molar-refractivity contribution in [3.63, 3.8) is 0 Å². The summed E-state index contributed by atoms with van der Waals surface area (Å²) in [6.07, 6.45) is -0.170. The number of hydrogen-bond donors (Lipinski definition) is 1. The van der Waals surface area contributed by atoms with Crippen LogP contribution >= 0.6 is 23.4 Å². The molecule has 5 nitrogen and oxygen atoms in total. The predicted molar refractivity (Wildman–Crippen MR) is 112 cm³/mol. The second kappa shape index (κ2) is 8.20. The van der Waals surface area contributed by atoms with Crippen molar-refractivity contribution < 1.29 is 13.6 Å². The van der Waals surface area contributed by atoms with Gasteiger partial charge in [0, 0.05) is 30.2 Å². The van der Waals surface area contributed by atoms with Gasteiger partial charge in [0.1, 0.15) is 17.5 Å². The summed E-state index contributed by atoms with van der Waals surface area (Å²) in [6, 6.07) is 10.3. The van der Waals surface area contributed by atoms with Crippen LogP contribution in [-0.4, -0.2) is 15.5 Å². The quantitative estimate of drug-likeness (QED) is 0.473. The highest BCUT2D eigenvalue weighted by atomic mass is 35.5. The van der Waals surface area contributed by atoms with Gasteiger partial charge in [-0.3, -0.25) is 9.59 Å². The molecule has 0 saturated heterocycles. The van der Waals surface area contributed by atoms with Gasteiger partial charge in [-0.25, -0.2) is 8.78 Å². The van der Waals surface area contributed by atoms with E-state index in [4.69, 9.17) is 11.6 Å². The number of anilines is 1. The highest BCUT2D eigenvalue weighted by Crippen LogP contribution is 2.37. The molecule has 1 amide bonds. The Morgan fingerprint density at radius 1 is 1.23 bits per heavy atom. The van der Waals surface area contributed by atoms with E-state index in [1.807, 2.05) is 18.2 Å². The maximum atomic E-state index is 14.4. The Balaban J connectivity index is 1.76. The van der Waals surface area contributed by atoms with Gasteiger partial charge >= 0.3 is 0 Å². The maximum Gasteiger partial charge on any atom is 0.279 e. The van der Waals surface area contributed by atoms with Gasteiger partial charge in [-0.15, -0.1) is 0 Å². The third-order valence-electron chi connectivity index (χ3n) is 4.95. The van der Waals surface area contributed by atoms with Gasteiger partial charge in [-0.2, -0.15) is 4.98 Å². The maximum absolute atomic E-state index is 14.4. The van der Waals surface area contributed by atoms with Crippen molar-refractivity contribution >= 4 is 35.1 Å². The third kappa shape index (κ3) is 3.85. The number of carbonyl (C=O) groups excluding carboxylic acids is 1. The lowest BCUT2D eigenvalue weighted by atomic mass is 9.86. The first-order valence-corrected chi connectivity index (χ1v) is 10.4. The molecule has 2 aromatic carbocycles. The molecule has 2 heterocycles. The van der Waals surface area contributed by atoms with Crippen molar-refractivity contribution in [2.24, 2.45) is 7.05 Å². The fourth-order valence-electron chi connectivity index (χ4n) is 3.47. The molecule has 0 saturated carbocycles. The van der Waals surface area contributed by atoms with E-state index in [0.29, 0.717) is 15.9 Å². The van der Waals surface area contributed by atoms with Crippen molar-refractivity contribution in [2.75, 3.05) is 5.32 Å². The molecule has 1 aliphatic rings. The third-order valence-corrected chi connectivity index (χ3v) is 6.40. The summed E-state index contributed by atoms with van der Waals surface area (Å²) in [4.78, 5) is 29.3. The van der Waals surface area contributed by atoms with Crippen molar-refractivity contribution in [3.8, 4) is 0 Å². The molecule has 154 valence electrons. The van der Waals surface area contributed by atoms with E-state index in [1.54, 1.807) is 17.7 Å². The minimum absolute atomic E-state index is 0.0403. The van der Waals surface area contributed by atoms with Crippen LogP contribution in [0.3, 0.4) is 0 Å². The number of nitrogens with one attached hydrogen (secondary N) is 1. The van der Waals surface area contributed by atoms with Crippen LogP contribution in [0, 0.1) is 11.6 Å². The molecule has 1 aliphatic heterocycles. The largest absolute Gasteiger partial charge is 0.312 e. The summed E-state index contributed by atoms with van der Waals surface area (Å²) < 4.78 is 29.7. The minimum atomic E-state index is -0.918. The zero-order valence-corrected chi connectivity index (χ0v) is 17.4. The zero-order valence-electron chi connectivity index (χ0n) is 15.8. The van der Waals surface area contributed by atoms with Gasteiger partial charge in [-0.1, -0.05) is 41.6 Å². The number of aromatic nitrogens is 2. The topological polar surface area (TPSA) is 64.0 Å². The van der Waals surface area contributed by atoms with E-state index >= 15 is 0 Å². The Bertz CT molecular complexity index is 1220. The van der Waals surface area contributed by atoms with E-state index in [9.17, 15) is 18.4 Å². The molecule has 9 heteroatoms. The second-order valence-electron chi connectivity index (χ2n) is 6.87. The SMILES string of the molecule is Cn1c(SCc2ccccc2Cl)nc(=O)c2c1NC(=O)C[C@@H]2c1cc(F)ccc1F. The van der Waals surface area contributed by atoms with Crippen molar-refractivity contribution in [2.45, 2.75) is 23.2 Å². The highest BCUT2D eigenvalue weighted by Gasteiger charge is 2.33. The minimum Gasteiger partial charge on any atom is -0.312 e. The molecule has 1 aromatic heterocycles. The predicted octanol–water partition coefficient (Wildman–Crippen LogP) is 4.48. The smallest absolute Gasteiger partial charge is 0.279 e. The number of thioether (sulfide) groups is 1. The van der Waals surface area contributed by atoms with Gasteiger partial charge in [0.05, 0.1) is 5.56 Å². The molecular formula is C21H16ClF2N3O2S. The summed E-state index contributed by atoms with van der Waals surface area (Å²) in [5.41, 5.74) is 0.392. The first-order chi connectivity index (χ1) is 14.3. The van der Waals surface area contributed by atoms with Gasteiger partial charge in [0.2, 0.25) is 5.91 Å². The number of carbonyl (C=O) groups is 1.